The van der Waals surface area contributed by atoms with Gasteiger partial charge in [-0.2, -0.15) is 0 Å². The molecule has 24 heavy (non-hydrogen) atoms. The Morgan fingerprint density at radius 2 is 1.71 bits per heavy atom. The number of benzene rings is 2. The minimum Gasteiger partial charge on any atom is -0.497 e. The van der Waals surface area contributed by atoms with Crippen molar-refractivity contribution in [1.82, 2.24) is 5.32 Å². The van der Waals surface area contributed by atoms with E-state index in [1.165, 1.54) is 24.3 Å². The molecule has 0 saturated heterocycles. The zero-order valence-electron chi connectivity index (χ0n) is 13.2. The van der Waals surface area contributed by atoms with Gasteiger partial charge in [0.15, 0.2) is 9.84 Å². The van der Waals surface area contributed by atoms with E-state index >= 15 is 0 Å². The number of amides is 1. The van der Waals surface area contributed by atoms with Crippen LogP contribution < -0.4 is 10.1 Å². The molecule has 2 aromatic rings. The fraction of sp³-hybridized carbons (Fsp3) is 0.235. The second kappa shape index (κ2) is 8.17. The van der Waals surface area contributed by atoms with Crippen LogP contribution in [0.2, 0.25) is 5.02 Å². The largest absolute Gasteiger partial charge is 0.497 e. The summed E-state index contributed by atoms with van der Waals surface area (Å²) < 4.78 is 29.4. The molecule has 2 aromatic carbocycles. The highest BCUT2D eigenvalue weighted by Crippen LogP contribution is 2.15. The number of sulfone groups is 1. The summed E-state index contributed by atoms with van der Waals surface area (Å²) in [5, 5.41) is 3.06. The summed E-state index contributed by atoms with van der Waals surface area (Å²) in [6.45, 7) is 0.362. The number of nitrogens with one attached hydrogen (secondary N) is 1. The molecule has 0 saturated carbocycles. The topological polar surface area (TPSA) is 72.5 Å². The van der Waals surface area contributed by atoms with Crippen LogP contribution in [0.5, 0.6) is 5.75 Å². The fourth-order valence-electron chi connectivity index (χ4n) is 2.09. The first kappa shape index (κ1) is 18.3. The van der Waals surface area contributed by atoms with Crippen LogP contribution in [0.4, 0.5) is 0 Å². The number of methoxy groups -OCH3 is 1. The molecule has 2 rings (SSSR count). The van der Waals surface area contributed by atoms with Crippen LogP contribution >= 0.6 is 11.6 Å². The molecule has 0 aliphatic heterocycles. The Balaban J connectivity index is 1.85. The second-order valence-electron chi connectivity index (χ2n) is 5.16. The summed E-state index contributed by atoms with van der Waals surface area (Å²) in [6.07, 6.45) is 0.608. The molecule has 0 aliphatic rings. The molecule has 0 aliphatic carbocycles. The van der Waals surface area contributed by atoms with Gasteiger partial charge in [0, 0.05) is 11.6 Å². The van der Waals surface area contributed by atoms with Gasteiger partial charge in [-0.25, -0.2) is 8.42 Å². The van der Waals surface area contributed by atoms with Crippen molar-refractivity contribution in [3.8, 4) is 5.75 Å². The normalized spacial score (nSPS) is 11.1. The van der Waals surface area contributed by atoms with E-state index in [2.05, 4.69) is 5.32 Å². The molecule has 0 atom stereocenters. The molecule has 0 heterocycles. The Morgan fingerprint density at radius 3 is 2.29 bits per heavy atom. The monoisotopic (exact) mass is 367 g/mol. The van der Waals surface area contributed by atoms with Crippen LogP contribution in [0.1, 0.15) is 5.56 Å². The maximum Gasteiger partial charge on any atom is 0.235 e. The molecular weight excluding hydrogens is 350 g/mol. The molecule has 1 amide bonds. The highest BCUT2D eigenvalue weighted by molar-refractivity contribution is 7.92. The minimum atomic E-state index is -3.67. The van der Waals surface area contributed by atoms with Crippen molar-refractivity contribution < 1.29 is 17.9 Å². The van der Waals surface area contributed by atoms with Crippen LogP contribution in [-0.4, -0.2) is 33.7 Å². The van der Waals surface area contributed by atoms with Crippen LogP contribution in [0, 0.1) is 0 Å². The number of halogens is 1. The Hall–Kier alpha value is -2.05. The summed E-state index contributed by atoms with van der Waals surface area (Å²) in [6, 6.07) is 13.2. The number of rotatable bonds is 7. The molecule has 0 unspecified atom stereocenters. The van der Waals surface area contributed by atoms with Gasteiger partial charge in [-0.1, -0.05) is 23.7 Å². The van der Waals surface area contributed by atoms with Crippen LogP contribution in [0.3, 0.4) is 0 Å². The standard InChI is InChI=1S/C17H18ClNO4S/c1-23-15-6-2-13(3-7-15)10-11-19-17(20)12-24(21,22)16-8-4-14(18)5-9-16/h2-9H,10-12H2,1H3,(H,19,20). The van der Waals surface area contributed by atoms with Gasteiger partial charge < -0.3 is 10.1 Å². The Morgan fingerprint density at radius 1 is 1.08 bits per heavy atom. The van der Waals surface area contributed by atoms with E-state index in [-0.39, 0.29) is 4.90 Å². The van der Waals surface area contributed by atoms with Gasteiger partial charge in [-0.3, -0.25) is 4.79 Å². The predicted molar refractivity (Wildman–Crippen MR) is 93.2 cm³/mol. The molecule has 128 valence electrons. The lowest BCUT2D eigenvalue weighted by Gasteiger charge is -2.07. The molecule has 5 nitrogen and oxygen atoms in total. The quantitative estimate of drug-likeness (QED) is 0.816. The lowest BCUT2D eigenvalue weighted by molar-refractivity contribution is -0.118. The lowest BCUT2D eigenvalue weighted by Crippen LogP contribution is -2.31. The number of ether oxygens (including phenoxy) is 1. The summed E-state index contributed by atoms with van der Waals surface area (Å²) in [4.78, 5) is 11.9. The zero-order chi connectivity index (χ0) is 17.6. The van der Waals surface area contributed by atoms with E-state index in [1.807, 2.05) is 24.3 Å². The molecule has 0 aromatic heterocycles. The summed E-state index contributed by atoms with van der Waals surface area (Å²) in [5.74, 6) is -0.354. The van der Waals surface area contributed by atoms with Crippen molar-refractivity contribution in [3.63, 3.8) is 0 Å². The van der Waals surface area contributed by atoms with E-state index in [4.69, 9.17) is 16.3 Å². The van der Waals surface area contributed by atoms with Gasteiger partial charge >= 0.3 is 0 Å². The average Bonchev–Trinajstić information content (AvgIpc) is 2.55. The van der Waals surface area contributed by atoms with E-state index in [1.54, 1.807) is 7.11 Å². The summed E-state index contributed by atoms with van der Waals surface area (Å²) >= 11 is 5.73. The first-order chi connectivity index (χ1) is 11.4. The molecule has 7 heteroatoms. The van der Waals surface area contributed by atoms with E-state index < -0.39 is 21.5 Å². The minimum absolute atomic E-state index is 0.0807. The predicted octanol–water partition coefficient (Wildman–Crippen LogP) is 2.48. The SMILES string of the molecule is COc1ccc(CCNC(=O)CS(=O)(=O)c2ccc(Cl)cc2)cc1. The van der Waals surface area contributed by atoms with Crippen molar-refractivity contribution >= 4 is 27.3 Å². The lowest BCUT2D eigenvalue weighted by atomic mass is 10.1. The third-order valence-corrected chi connectivity index (χ3v) is 5.27. The first-order valence-electron chi connectivity index (χ1n) is 7.29. The fourth-order valence-corrected chi connectivity index (χ4v) is 3.38. The highest BCUT2D eigenvalue weighted by Gasteiger charge is 2.18. The Bertz CT molecular complexity index is 786. The smallest absolute Gasteiger partial charge is 0.235 e. The van der Waals surface area contributed by atoms with Crippen molar-refractivity contribution in [2.24, 2.45) is 0 Å². The molecular formula is C17H18ClNO4S. The Kier molecular flexibility index (Phi) is 6.23. The average molecular weight is 368 g/mol. The molecule has 1 N–H and O–H groups in total. The van der Waals surface area contributed by atoms with Gasteiger partial charge in [0.1, 0.15) is 11.5 Å². The number of carbonyl (C=O) groups excluding carboxylic acids is 1. The maximum atomic E-state index is 12.1. The van der Waals surface area contributed by atoms with Crippen LogP contribution in [-0.2, 0) is 21.1 Å². The summed E-state index contributed by atoms with van der Waals surface area (Å²) in [5.41, 5.74) is 1.02. The first-order valence-corrected chi connectivity index (χ1v) is 9.32. The number of hydrogen-bond acceptors (Lipinski definition) is 4. The number of carbonyl (C=O) groups is 1. The van der Waals surface area contributed by atoms with Crippen molar-refractivity contribution in [2.45, 2.75) is 11.3 Å². The van der Waals surface area contributed by atoms with Gasteiger partial charge in [0.05, 0.1) is 12.0 Å². The van der Waals surface area contributed by atoms with Crippen LogP contribution in [0.25, 0.3) is 0 Å². The highest BCUT2D eigenvalue weighted by atomic mass is 35.5. The molecule has 0 bridgehead atoms. The van der Waals surface area contributed by atoms with Crippen LogP contribution in [0.15, 0.2) is 53.4 Å². The molecule has 0 radical (unpaired) electrons. The van der Waals surface area contributed by atoms with E-state index in [9.17, 15) is 13.2 Å². The third kappa shape index (κ3) is 5.25. The van der Waals surface area contributed by atoms with Gasteiger partial charge in [0.2, 0.25) is 5.91 Å². The molecule has 0 spiro atoms. The van der Waals surface area contributed by atoms with Gasteiger partial charge in [-0.15, -0.1) is 0 Å². The zero-order valence-corrected chi connectivity index (χ0v) is 14.7. The third-order valence-electron chi connectivity index (χ3n) is 3.39. The van der Waals surface area contributed by atoms with E-state index in [0.29, 0.717) is 18.0 Å². The van der Waals surface area contributed by atoms with Crippen molar-refractivity contribution in [1.29, 1.82) is 0 Å². The van der Waals surface area contributed by atoms with E-state index in [0.717, 1.165) is 11.3 Å². The molecule has 0 fully saturated rings. The van der Waals surface area contributed by atoms with Gasteiger partial charge in [-0.05, 0) is 48.4 Å². The summed E-state index contributed by atoms with van der Waals surface area (Å²) in [7, 11) is -2.07. The van der Waals surface area contributed by atoms with Gasteiger partial charge in [0.25, 0.3) is 0 Å². The Labute approximate surface area is 146 Å². The number of hydrogen-bond donors (Lipinski definition) is 1. The second-order valence-corrected chi connectivity index (χ2v) is 7.59. The van der Waals surface area contributed by atoms with Crippen molar-refractivity contribution in [3.05, 3.63) is 59.1 Å². The maximum absolute atomic E-state index is 12.1. The van der Waals surface area contributed by atoms with Crippen molar-refractivity contribution in [2.75, 3.05) is 19.4 Å².